The van der Waals surface area contributed by atoms with Gasteiger partial charge >= 0.3 is 5.97 Å². The van der Waals surface area contributed by atoms with Gasteiger partial charge in [-0.1, -0.05) is 6.07 Å². The molecule has 0 aliphatic carbocycles. The number of thiophene rings is 1. The summed E-state index contributed by atoms with van der Waals surface area (Å²) in [7, 11) is 0. The molecule has 2 atom stereocenters. The molecule has 0 aromatic carbocycles. The van der Waals surface area contributed by atoms with Crippen molar-refractivity contribution in [2.75, 3.05) is 6.54 Å². The van der Waals surface area contributed by atoms with Crippen LogP contribution in [0.25, 0.3) is 10.8 Å². The largest absolute Gasteiger partial charge is 0.481 e. The highest BCUT2D eigenvalue weighted by Crippen LogP contribution is 2.28. The number of oxazole rings is 1. The van der Waals surface area contributed by atoms with Gasteiger partial charge in [0.1, 0.15) is 5.76 Å². The van der Waals surface area contributed by atoms with E-state index < -0.39 is 11.9 Å². The van der Waals surface area contributed by atoms with Crippen LogP contribution in [-0.2, 0) is 16.0 Å². The summed E-state index contributed by atoms with van der Waals surface area (Å²) >= 11 is 1.53. The van der Waals surface area contributed by atoms with Crippen LogP contribution in [-0.4, -0.2) is 39.5 Å². The average Bonchev–Trinajstić information content (AvgIpc) is 3.17. The second kappa shape index (κ2) is 6.76. The van der Waals surface area contributed by atoms with Gasteiger partial charge < -0.3 is 14.4 Å². The van der Waals surface area contributed by atoms with Crippen LogP contribution in [0.2, 0.25) is 0 Å². The van der Waals surface area contributed by atoms with Gasteiger partial charge in [0.05, 0.1) is 22.9 Å². The molecule has 2 aromatic rings. The van der Waals surface area contributed by atoms with Crippen molar-refractivity contribution in [3.05, 3.63) is 29.0 Å². The van der Waals surface area contributed by atoms with Crippen LogP contribution in [0.1, 0.15) is 31.2 Å². The molecule has 0 bridgehead atoms. The summed E-state index contributed by atoms with van der Waals surface area (Å²) in [6, 6.07) is 3.55. The molecule has 1 aliphatic heterocycles. The molecule has 2 aromatic heterocycles. The second-order valence-electron chi connectivity index (χ2n) is 6.09. The number of piperidine rings is 1. The maximum absolute atomic E-state index is 12.6. The highest BCUT2D eigenvalue weighted by molar-refractivity contribution is 7.13. The molecule has 1 aliphatic rings. The van der Waals surface area contributed by atoms with Crippen molar-refractivity contribution in [1.29, 1.82) is 0 Å². The number of carbonyl (C=O) groups excluding carboxylic acids is 1. The highest BCUT2D eigenvalue weighted by atomic mass is 32.1. The minimum atomic E-state index is -0.836. The molecule has 128 valence electrons. The van der Waals surface area contributed by atoms with Crippen LogP contribution in [0.3, 0.4) is 0 Å². The maximum atomic E-state index is 12.6. The maximum Gasteiger partial charge on any atom is 0.308 e. The van der Waals surface area contributed by atoms with Gasteiger partial charge in [-0.3, -0.25) is 9.59 Å². The van der Waals surface area contributed by atoms with E-state index in [1.54, 1.807) is 11.8 Å². The van der Waals surface area contributed by atoms with E-state index in [-0.39, 0.29) is 18.4 Å². The number of carboxylic acids is 1. The monoisotopic (exact) mass is 348 g/mol. The quantitative estimate of drug-likeness (QED) is 0.918. The lowest BCUT2D eigenvalue weighted by Crippen LogP contribution is -2.49. The van der Waals surface area contributed by atoms with Crippen LogP contribution in [0, 0.1) is 12.8 Å². The van der Waals surface area contributed by atoms with E-state index in [1.165, 1.54) is 11.3 Å². The Morgan fingerprint density at radius 3 is 2.96 bits per heavy atom. The SMILES string of the molecule is Cc1oc(-c2cccs2)nc1CC(=O)N1CCC[C@@H](C(=O)O)[C@H]1C. The summed E-state index contributed by atoms with van der Waals surface area (Å²) in [6.07, 6.45) is 1.47. The average molecular weight is 348 g/mol. The molecule has 1 N–H and O–H groups in total. The van der Waals surface area contributed by atoms with Gasteiger partial charge in [-0.25, -0.2) is 4.98 Å². The number of hydrogen-bond donors (Lipinski definition) is 1. The van der Waals surface area contributed by atoms with Crippen molar-refractivity contribution < 1.29 is 19.1 Å². The number of aromatic nitrogens is 1. The first-order valence-electron chi connectivity index (χ1n) is 8.00. The van der Waals surface area contributed by atoms with E-state index in [2.05, 4.69) is 4.98 Å². The van der Waals surface area contributed by atoms with Gasteiger partial charge in [-0.2, -0.15) is 0 Å². The topological polar surface area (TPSA) is 83.6 Å². The second-order valence-corrected chi connectivity index (χ2v) is 7.04. The number of amides is 1. The molecule has 0 radical (unpaired) electrons. The predicted octanol–water partition coefficient (Wildman–Crippen LogP) is 2.97. The van der Waals surface area contributed by atoms with Gasteiger partial charge in [0, 0.05) is 12.6 Å². The number of carbonyl (C=O) groups is 2. The highest BCUT2D eigenvalue weighted by Gasteiger charge is 2.35. The number of nitrogens with zero attached hydrogens (tertiary/aromatic N) is 2. The van der Waals surface area contributed by atoms with Crippen LogP contribution in [0.5, 0.6) is 0 Å². The number of aliphatic carboxylic acids is 1. The summed E-state index contributed by atoms with van der Waals surface area (Å²) < 4.78 is 5.67. The van der Waals surface area contributed by atoms with E-state index in [4.69, 9.17) is 4.42 Å². The van der Waals surface area contributed by atoms with Crippen molar-refractivity contribution in [2.24, 2.45) is 5.92 Å². The zero-order valence-corrected chi connectivity index (χ0v) is 14.5. The number of hydrogen-bond acceptors (Lipinski definition) is 5. The smallest absolute Gasteiger partial charge is 0.308 e. The van der Waals surface area contributed by atoms with Crippen molar-refractivity contribution in [3.8, 4) is 10.8 Å². The first-order valence-corrected chi connectivity index (χ1v) is 8.87. The van der Waals surface area contributed by atoms with Crippen molar-refractivity contribution in [3.63, 3.8) is 0 Å². The normalized spacial score (nSPS) is 21.0. The Morgan fingerprint density at radius 1 is 1.50 bits per heavy atom. The fourth-order valence-corrected chi connectivity index (χ4v) is 3.82. The van der Waals surface area contributed by atoms with E-state index >= 15 is 0 Å². The van der Waals surface area contributed by atoms with Crippen LogP contribution in [0.4, 0.5) is 0 Å². The van der Waals surface area contributed by atoms with Crippen molar-refractivity contribution >= 4 is 23.2 Å². The van der Waals surface area contributed by atoms with Crippen molar-refractivity contribution in [1.82, 2.24) is 9.88 Å². The molecule has 0 spiro atoms. The Kier molecular flexibility index (Phi) is 4.71. The number of aryl methyl sites for hydroxylation is 1. The summed E-state index contributed by atoms with van der Waals surface area (Å²) in [6.45, 7) is 4.20. The first-order chi connectivity index (χ1) is 11.5. The molecule has 3 heterocycles. The fourth-order valence-electron chi connectivity index (χ4n) is 3.17. The summed E-state index contributed by atoms with van der Waals surface area (Å²) in [5.41, 5.74) is 0.619. The van der Waals surface area contributed by atoms with E-state index in [0.29, 0.717) is 36.7 Å². The van der Waals surface area contributed by atoms with E-state index in [1.807, 2.05) is 24.4 Å². The molecule has 1 saturated heterocycles. The number of likely N-dealkylation sites (tertiary alicyclic amines) is 1. The molecule has 1 fully saturated rings. The minimum Gasteiger partial charge on any atom is -0.481 e. The molecular formula is C17H20N2O4S. The Labute approximate surface area is 144 Å². The fraction of sp³-hybridized carbons (Fsp3) is 0.471. The molecule has 3 rings (SSSR count). The first kappa shape index (κ1) is 16.7. The van der Waals surface area contributed by atoms with Gasteiger partial charge in [-0.05, 0) is 38.1 Å². The Balaban J connectivity index is 1.74. The van der Waals surface area contributed by atoms with Gasteiger partial charge in [-0.15, -0.1) is 11.3 Å². The Morgan fingerprint density at radius 2 is 2.29 bits per heavy atom. The van der Waals surface area contributed by atoms with Gasteiger partial charge in [0.25, 0.3) is 0 Å². The molecule has 1 amide bonds. The molecular weight excluding hydrogens is 328 g/mol. The summed E-state index contributed by atoms with van der Waals surface area (Å²) in [5, 5.41) is 11.2. The predicted molar refractivity (Wildman–Crippen MR) is 89.8 cm³/mol. The third-order valence-corrected chi connectivity index (χ3v) is 5.43. The standard InChI is InChI=1S/C17H20N2O4S/c1-10-12(17(21)22)5-3-7-19(10)15(20)9-13-11(2)23-16(18-13)14-6-4-8-24-14/h4,6,8,10,12H,3,5,7,9H2,1-2H3,(H,21,22)/t10-,12-/m1/s1. The molecule has 24 heavy (non-hydrogen) atoms. The zero-order chi connectivity index (χ0) is 17.3. The lowest BCUT2D eigenvalue weighted by molar-refractivity contribution is -0.148. The lowest BCUT2D eigenvalue weighted by Gasteiger charge is -2.37. The number of rotatable bonds is 4. The molecule has 0 saturated carbocycles. The van der Waals surface area contributed by atoms with Crippen molar-refractivity contribution in [2.45, 2.75) is 39.2 Å². The summed E-state index contributed by atoms with van der Waals surface area (Å²) in [4.78, 5) is 31.0. The summed E-state index contributed by atoms with van der Waals surface area (Å²) in [5.74, 6) is -0.269. The minimum absolute atomic E-state index is 0.0948. The van der Waals surface area contributed by atoms with Crippen LogP contribution < -0.4 is 0 Å². The Hall–Kier alpha value is -2.15. The third kappa shape index (κ3) is 3.21. The molecule has 6 nitrogen and oxygen atoms in total. The van der Waals surface area contributed by atoms with E-state index in [0.717, 1.165) is 4.88 Å². The zero-order valence-electron chi connectivity index (χ0n) is 13.7. The molecule has 0 unspecified atom stereocenters. The van der Waals surface area contributed by atoms with Crippen LogP contribution >= 0.6 is 11.3 Å². The van der Waals surface area contributed by atoms with Gasteiger partial charge in [0.2, 0.25) is 11.8 Å². The Bertz CT molecular complexity index is 738. The third-order valence-electron chi connectivity index (χ3n) is 4.57. The molecule has 7 heteroatoms. The van der Waals surface area contributed by atoms with Gasteiger partial charge in [0.15, 0.2) is 0 Å². The number of carboxylic acid groups (broad SMARTS) is 1. The van der Waals surface area contributed by atoms with Crippen LogP contribution in [0.15, 0.2) is 21.9 Å². The lowest BCUT2D eigenvalue weighted by atomic mass is 9.90. The van der Waals surface area contributed by atoms with E-state index in [9.17, 15) is 14.7 Å².